The second kappa shape index (κ2) is 5.89. The quantitative estimate of drug-likeness (QED) is 0.865. The minimum Gasteiger partial charge on any atom is -0.320 e. The van der Waals surface area contributed by atoms with Crippen molar-refractivity contribution in [1.29, 1.82) is 0 Å². The Bertz CT molecular complexity index is 456. The molecule has 0 amide bonds. The summed E-state index contributed by atoms with van der Waals surface area (Å²) in [4.78, 5) is 1.08. The molecular weight excluding hydrogens is 285 g/mol. The van der Waals surface area contributed by atoms with Crippen LogP contribution in [0.15, 0.2) is 35.7 Å². The van der Waals surface area contributed by atoms with Gasteiger partial charge in [-0.1, -0.05) is 41.4 Å². The molecule has 86 valence electrons. The number of benzene rings is 1. The van der Waals surface area contributed by atoms with Crippen LogP contribution in [0.5, 0.6) is 0 Å². The van der Waals surface area contributed by atoms with Crippen molar-refractivity contribution in [1.82, 2.24) is 0 Å². The molecule has 0 radical (unpaired) electrons. The first-order valence-electron chi connectivity index (χ1n) is 4.43. The SMILES string of the molecule is Cl.N[C@H](c1cccs1)c1cccc(Cl)c1Cl. The second-order valence-electron chi connectivity index (χ2n) is 3.14. The predicted molar refractivity (Wildman–Crippen MR) is 74.1 cm³/mol. The standard InChI is InChI=1S/C11H9Cl2NS.ClH/c12-8-4-1-3-7(10(8)13)11(14)9-5-2-6-15-9;/h1-6,11H,14H2;1H/t11-;/m0./s1. The van der Waals surface area contributed by atoms with Crippen LogP contribution in [0.2, 0.25) is 10.0 Å². The Morgan fingerprint density at radius 2 is 1.88 bits per heavy atom. The smallest absolute Gasteiger partial charge is 0.0661 e. The maximum Gasteiger partial charge on any atom is 0.0661 e. The Morgan fingerprint density at radius 1 is 1.12 bits per heavy atom. The molecule has 1 nitrogen and oxygen atoms in total. The van der Waals surface area contributed by atoms with Gasteiger partial charge >= 0.3 is 0 Å². The lowest BCUT2D eigenvalue weighted by atomic mass is 10.1. The fraction of sp³-hybridized carbons (Fsp3) is 0.0909. The van der Waals surface area contributed by atoms with E-state index in [0.717, 1.165) is 10.4 Å². The number of halogens is 3. The Balaban J connectivity index is 0.00000128. The molecule has 2 rings (SSSR count). The number of hydrogen-bond donors (Lipinski definition) is 1. The van der Waals surface area contributed by atoms with Crippen LogP contribution in [0.3, 0.4) is 0 Å². The minimum atomic E-state index is -0.198. The topological polar surface area (TPSA) is 26.0 Å². The van der Waals surface area contributed by atoms with E-state index >= 15 is 0 Å². The van der Waals surface area contributed by atoms with Crippen molar-refractivity contribution < 1.29 is 0 Å². The molecule has 0 aliphatic carbocycles. The summed E-state index contributed by atoms with van der Waals surface area (Å²) in [5, 5.41) is 3.08. The summed E-state index contributed by atoms with van der Waals surface area (Å²) in [5.41, 5.74) is 6.97. The fourth-order valence-corrected chi connectivity index (χ4v) is 2.55. The summed E-state index contributed by atoms with van der Waals surface area (Å²) in [5.74, 6) is 0. The molecule has 1 aromatic carbocycles. The molecule has 1 heterocycles. The Morgan fingerprint density at radius 3 is 2.50 bits per heavy atom. The first-order valence-corrected chi connectivity index (χ1v) is 6.06. The number of rotatable bonds is 2. The van der Waals surface area contributed by atoms with Gasteiger partial charge in [0.15, 0.2) is 0 Å². The lowest BCUT2D eigenvalue weighted by molar-refractivity contribution is 0.894. The van der Waals surface area contributed by atoms with E-state index in [1.54, 1.807) is 17.4 Å². The van der Waals surface area contributed by atoms with Crippen LogP contribution < -0.4 is 5.73 Å². The highest BCUT2D eigenvalue weighted by Crippen LogP contribution is 2.33. The number of thiophene rings is 1. The first-order chi connectivity index (χ1) is 7.20. The molecule has 2 N–H and O–H groups in total. The van der Waals surface area contributed by atoms with E-state index in [1.165, 1.54) is 0 Å². The van der Waals surface area contributed by atoms with Gasteiger partial charge in [-0.3, -0.25) is 0 Å². The van der Waals surface area contributed by atoms with Crippen molar-refractivity contribution in [2.24, 2.45) is 5.73 Å². The Labute approximate surface area is 115 Å². The van der Waals surface area contributed by atoms with Crippen molar-refractivity contribution in [2.45, 2.75) is 6.04 Å². The van der Waals surface area contributed by atoms with Gasteiger partial charge in [-0.25, -0.2) is 0 Å². The molecule has 0 fully saturated rings. The minimum absolute atomic E-state index is 0. The van der Waals surface area contributed by atoms with Crippen molar-refractivity contribution in [3.8, 4) is 0 Å². The predicted octanol–water partition coefficient (Wildman–Crippen LogP) is 4.52. The molecule has 16 heavy (non-hydrogen) atoms. The van der Waals surface area contributed by atoms with Crippen LogP contribution in [-0.2, 0) is 0 Å². The normalized spacial score (nSPS) is 11.9. The second-order valence-corrected chi connectivity index (χ2v) is 4.90. The molecule has 1 aromatic heterocycles. The summed E-state index contributed by atoms with van der Waals surface area (Å²) < 4.78 is 0. The molecule has 0 aliphatic rings. The van der Waals surface area contributed by atoms with E-state index in [4.69, 9.17) is 28.9 Å². The first kappa shape index (κ1) is 13.8. The van der Waals surface area contributed by atoms with Gasteiger partial charge in [-0.05, 0) is 23.1 Å². The average molecular weight is 295 g/mol. The zero-order valence-electron chi connectivity index (χ0n) is 8.19. The van der Waals surface area contributed by atoms with Crippen molar-refractivity contribution in [2.75, 3.05) is 0 Å². The molecule has 0 aliphatic heterocycles. The van der Waals surface area contributed by atoms with Gasteiger partial charge in [0, 0.05) is 4.88 Å². The van der Waals surface area contributed by atoms with Gasteiger partial charge < -0.3 is 5.73 Å². The summed E-state index contributed by atoms with van der Waals surface area (Å²) in [7, 11) is 0. The van der Waals surface area contributed by atoms with E-state index in [9.17, 15) is 0 Å². The third-order valence-corrected chi connectivity index (χ3v) is 3.96. The van der Waals surface area contributed by atoms with Gasteiger partial charge in [0.05, 0.1) is 16.1 Å². The van der Waals surface area contributed by atoms with Crippen LogP contribution in [0.1, 0.15) is 16.5 Å². The van der Waals surface area contributed by atoms with Crippen LogP contribution in [0, 0.1) is 0 Å². The summed E-state index contributed by atoms with van der Waals surface area (Å²) in [6, 6.07) is 9.28. The third-order valence-electron chi connectivity index (χ3n) is 2.17. The van der Waals surface area contributed by atoms with E-state index in [1.807, 2.05) is 29.6 Å². The molecule has 0 unspecified atom stereocenters. The van der Waals surface area contributed by atoms with Crippen LogP contribution in [0.25, 0.3) is 0 Å². The van der Waals surface area contributed by atoms with Gasteiger partial charge in [-0.2, -0.15) is 0 Å². The molecule has 0 saturated carbocycles. The maximum absolute atomic E-state index is 6.10. The zero-order valence-corrected chi connectivity index (χ0v) is 11.3. The molecule has 0 bridgehead atoms. The Kier molecular flexibility index (Phi) is 5.09. The summed E-state index contributed by atoms with van der Waals surface area (Å²) >= 11 is 13.6. The lowest BCUT2D eigenvalue weighted by Crippen LogP contribution is -2.10. The average Bonchev–Trinajstić information content (AvgIpc) is 2.74. The third kappa shape index (κ3) is 2.70. The highest BCUT2D eigenvalue weighted by molar-refractivity contribution is 7.10. The van der Waals surface area contributed by atoms with Crippen molar-refractivity contribution >= 4 is 46.9 Å². The van der Waals surface area contributed by atoms with E-state index < -0.39 is 0 Å². The highest BCUT2D eigenvalue weighted by atomic mass is 35.5. The lowest BCUT2D eigenvalue weighted by Gasteiger charge is -2.12. The van der Waals surface area contributed by atoms with Gasteiger partial charge in [-0.15, -0.1) is 23.7 Å². The van der Waals surface area contributed by atoms with Gasteiger partial charge in [0.25, 0.3) is 0 Å². The summed E-state index contributed by atoms with van der Waals surface area (Å²) in [6.07, 6.45) is 0. The molecule has 2 aromatic rings. The van der Waals surface area contributed by atoms with E-state index in [2.05, 4.69) is 0 Å². The van der Waals surface area contributed by atoms with Gasteiger partial charge in [0.2, 0.25) is 0 Å². The summed E-state index contributed by atoms with van der Waals surface area (Å²) in [6.45, 7) is 0. The van der Waals surface area contributed by atoms with Crippen LogP contribution in [-0.4, -0.2) is 0 Å². The van der Waals surface area contributed by atoms with Gasteiger partial charge in [0.1, 0.15) is 0 Å². The molecular formula is C11H10Cl3NS. The van der Waals surface area contributed by atoms with Crippen LogP contribution >= 0.6 is 46.9 Å². The molecule has 0 spiro atoms. The monoisotopic (exact) mass is 293 g/mol. The Hall–Kier alpha value is -0.250. The molecule has 5 heteroatoms. The molecule has 1 atom stereocenters. The van der Waals surface area contributed by atoms with Crippen molar-refractivity contribution in [3.63, 3.8) is 0 Å². The number of nitrogens with two attached hydrogens (primary N) is 1. The fourth-order valence-electron chi connectivity index (χ4n) is 1.38. The largest absolute Gasteiger partial charge is 0.320 e. The zero-order chi connectivity index (χ0) is 10.8. The number of hydrogen-bond acceptors (Lipinski definition) is 2. The van der Waals surface area contributed by atoms with Crippen LogP contribution in [0.4, 0.5) is 0 Å². The highest BCUT2D eigenvalue weighted by Gasteiger charge is 2.14. The van der Waals surface area contributed by atoms with E-state index in [0.29, 0.717) is 10.0 Å². The van der Waals surface area contributed by atoms with E-state index in [-0.39, 0.29) is 18.4 Å². The maximum atomic E-state index is 6.10. The van der Waals surface area contributed by atoms with Crippen molar-refractivity contribution in [3.05, 3.63) is 56.2 Å². The molecule has 0 saturated heterocycles.